The Balaban J connectivity index is 2.38. The number of amidine groups is 1. The van der Waals surface area contributed by atoms with Crippen LogP contribution in [0, 0.1) is 5.95 Å². The minimum atomic E-state index is -3.66. The fourth-order valence-electron chi connectivity index (χ4n) is 2.26. The molecule has 138 valence electrons. The first-order valence-corrected chi connectivity index (χ1v) is 9.31. The number of nitrogen functional groups attached to an aromatic ring is 1. The summed E-state index contributed by atoms with van der Waals surface area (Å²) < 4.78 is 43.9. The molecule has 2 heterocycles. The molecule has 2 atom stereocenters. The maximum atomic E-state index is 14.0. The van der Waals surface area contributed by atoms with Gasteiger partial charge >= 0.3 is 6.09 Å². The van der Waals surface area contributed by atoms with Crippen molar-refractivity contribution in [3.8, 4) is 0 Å². The zero-order valence-corrected chi connectivity index (χ0v) is 15.2. The SMILES string of the molecule is CC1C(NC(=O)OC(C)(C)C)=NC(c2cc(N)cnc2F)CS1(=O)=O. The molecule has 1 aromatic rings. The number of carbonyl (C=O) groups excluding carboxylic acids is 1. The summed E-state index contributed by atoms with van der Waals surface area (Å²) in [5.41, 5.74) is 4.98. The predicted octanol–water partition coefficient (Wildman–Crippen LogP) is 1.58. The molecule has 25 heavy (non-hydrogen) atoms. The summed E-state index contributed by atoms with van der Waals surface area (Å²) in [6.07, 6.45) is 0.294. The van der Waals surface area contributed by atoms with Crippen molar-refractivity contribution in [2.75, 3.05) is 11.5 Å². The Morgan fingerprint density at radius 3 is 2.68 bits per heavy atom. The molecule has 0 bridgehead atoms. The molecule has 1 aliphatic rings. The van der Waals surface area contributed by atoms with Crippen LogP contribution in [0.5, 0.6) is 0 Å². The third-order valence-electron chi connectivity index (χ3n) is 3.48. The van der Waals surface area contributed by atoms with E-state index in [1.165, 1.54) is 13.0 Å². The molecule has 1 aromatic heterocycles. The van der Waals surface area contributed by atoms with Crippen molar-refractivity contribution in [3.05, 3.63) is 23.8 Å². The lowest BCUT2D eigenvalue weighted by Crippen LogP contribution is -2.47. The molecule has 3 N–H and O–H groups in total. The molecule has 10 heteroatoms. The predicted molar refractivity (Wildman–Crippen MR) is 91.4 cm³/mol. The molecule has 1 aliphatic heterocycles. The van der Waals surface area contributed by atoms with E-state index >= 15 is 0 Å². The Morgan fingerprint density at radius 1 is 1.44 bits per heavy atom. The number of carbonyl (C=O) groups is 1. The summed E-state index contributed by atoms with van der Waals surface area (Å²) >= 11 is 0. The lowest BCUT2D eigenvalue weighted by Gasteiger charge is -2.27. The number of alkyl carbamates (subject to hydrolysis) is 1. The normalized spacial score (nSPS) is 22.8. The Morgan fingerprint density at radius 2 is 2.08 bits per heavy atom. The van der Waals surface area contributed by atoms with E-state index < -0.39 is 44.5 Å². The zero-order chi connectivity index (χ0) is 19.0. The Hall–Kier alpha value is -2.23. The number of anilines is 1. The van der Waals surface area contributed by atoms with Gasteiger partial charge in [0.05, 0.1) is 23.7 Å². The van der Waals surface area contributed by atoms with E-state index in [2.05, 4.69) is 15.3 Å². The number of nitrogens with zero attached hydrogens (tertiary/aromatic N) is 2. The zero-order valence-electron chi connectivity index (χ0n) is 14.4. The number of rotatable bonds is 1. The Labute approximate surface area is 145 Å². The van der Waals surface area contributed by atoms with Crippen LogP contribution in [-0.2, 0) is 14.6 Å². The van der Waals surface area contributed by atoms with Gasteiger partial charge < -0.3 is 10.5 Å². The van der Waals surface area contributed by atoms with Crippen molar-refractivity contribution in [1.29, 1.82) is 0 Å². The maximum Gasteiger partial charge on any atom is 0.413 e. The molecular formula is C15H21FN4O4S. The number of nitrogens with two attached hydrogens (primary N) is 1. The summed E-state index contributed by atoms with van der Waals surface area (Å²) in [5, 5.41) is 1.30. The molecule has 8 nitrogen and oxygen atoms in total. The third-order valence-corrected chi connectivity index (χ3v) is 5.57. The van der Waals surface area contributed by atoms with Crippen LogP contribution in [-0.4, -0.2) is 41.9 Å². The standard InChI is InChI=1S/C15H21FN4O4S/c1-8-13(20-14(21)24-15(2,3)4)19-11(7-25(8,22)23)10-5-9(17)6-18-12(10)16/h5-6,8,11H,7,17H2,1-4H3,(H,19,20,21). The quantitative estimate of drug-likeness (QED) is 0.721. The van der Waals surface area contributed by atoms with E-state index in [-0.39, 0.29) is 17.1 Å². The first kappa shape index (κ1) is 19.1. The van der Waals surface area contributed by atoms with Crippen molar-refractivity contribution in [2.24, 2.45) is 4.99 Å². The van der Waals surface area contributed by atoms with Crippen molar-refractivity contribution in [3.63, 3.8) is 0 Å². The van der Waals surface area contributed by atoms with E-state index in [1.807, 2.05) is 0 Å². The van der Waals surface area contributed by atoms with E-state index in [0.717, 1.165) is 6.20 Å². The first-order valence-electron chi connectivity index (χ1n) is 7.59. The van der Waals surface area contributed by atoms with Crippen LogP contribution in [0.15, 0.2) is 17.3 Å². The van der Waals surface area contributed by atoms with Crippen LogP contribution in [0.25, 0.3) is 0 Å². The molecule has 0 aliphatic carbocycles. The Kier molecular flexibility index (Phi) is 5.03. The summed E-state index contributed by atoms with van der Waals surface area (Å²) in [6, 6.07) is 0.231. The number of aromatic nitrogens is 1. The first-order chi connectivity index (χ1) is 11.4. The molecule has 0 saturated carbocycles. The van der Waals surface area contributed by atoms with Gasteiger partial charge in [0, 0.05) is 5.56 Å². The minimum absolute atomic E-state index is 0.0426. The highest BCUT2D eigenvalue weighted by molar-refractivity contribution is 7.92. The molecule has 1 amide bonds. The van der Waals surface area contributed by atoms with E-state index in [1.54, 1.807) is 20.8 Å². The average molecular weight is 372 g/mol. The van der Waals surface area contributed by atoms with Gasteiger partial charge in [-0.3, -0.25) is 10.3 Å². The lowest BCUT2D eigenvalue weighted by molar-refractivity contribution is 0.0562. The van der Waals surface area contributed by atoms with E-state index in [9.17, 15) is 17.6 Å². The average Bonchev–Trinajstić information content (AvgIpc) is 2.44. The lowest BCUT2D eigenvalue weighted by atomic mass is 10.1. The number of aliphatic imine (C=N–C) groups is 1. The maximum absolute atomic E-state index is 14.0. The van der Waals surface area contributed by atoms with Crippen LogP contribution < -0.4 is 11.1 Å². The van der Waals surface area contributed by atoms with Crippen molar-refractivity contribution in [2.45, 2.75) is 44.6 Å². The van der Waals surface area contributed by atoms with Crippen molar-refractivity contribution < 1.29 is 22.3 Å². The second-order valence-corrected chi connectivity index (χ2v) is 9.14. The smallest absolute Gasteiger partial charge is 0.413 e. The largest absolute Gasteiger partial charge is 0.444 e. The van der Waals surface area contributed by atoms with Gasteiger partial charge in [-0.25, -0.2) is 18.2 Å². The van der Waals surface area contributed by atoms with E-state index in [4.69, 9.17) is 10.5 Å². The van der Waals surface area contributed by atoms with Crippen molar-refractivity contribution >= 4 is 27.5 Å². The van der Waals surface area contributed by atoms with Crippen LogP contribution >= 0.6 is 0 Å². The number of hydrogen-bond donors (Lipinski definition) is 2. The van der Waals surface area contributed by atoms with Crippen molar-refractivity contribution in [1.82, 2.24) is 10.3 Å². The molecule has 2 rings (SSSR count). The van der Waals surface area contributed by atoms with Crippen LogP contribution in [0.1, 0.15) is 39.3 Å². The van der Waals surface area contributed by atoms with Gasteiger partial charge in [-0.1, -0.05) is 0 Å². The summed E-state index contributed by atoms with van der Waals surface area (Å²) in [5.74, 6) is -1.37. The summed E-state index contributed by atoms with van der Waals surface area (Å²) in [4.78, 5) is 19.6. The second kappa shape index (κ2) is 6.58. The van der Waals surface area contributed by atoms with E-state index in [0.29, 0.717) is 0 Å². The number of halogens is 1. The molecule has 0 saturated heterocycles. The van der Waals surface area contributed by atoms with Gasteiger partial charge in [0.2, 0.25) is 5.95 Å². The minimum Gasteiger partial charge on any atom is -0.444 e. The third kappa shape index (κ3) is 4.65. The number of hydrogen-bond acceptors (Lipinski definition) is 7. The van der Waals surface area contributed by atoms with Gasteiger partial charge in [-0.05, 0) is 33.8 Å². The fourth-order valence-corrected chi connectivity index (χ4v) is 3.70. The fraction of sp³-hybridized carbons (Fsp3) is 0.533. The molecule has 0 fully saturated rings. The second-order valence-electron chi connectivity index (χ2n) is 6.78. The van der Waals surface area contributed by atoms with Gasteiger partial charge in [0.15, 0.2) is 9.84 Å². The molecular weight excluding hydrogens is 351 g/mol. The van der Waals surface area contributed by atoms with Gasteiger partial charge in [0.1, 0.15) is 16.7 Å². The number of ether oxygens (including phenoxy) is 1. The van der Waals surface area contributed by atoms with Crippen LogP contribution in [0.4, 0.5) is 14.9 Å². The summed E-state index contributed by atoms with van der Waals surface area (Å²) in [6.45, 7) is 6.42. The number of amides is 1. The van der Waals surface area contributed by atoms with Gasteiger partial charge in [0.25, 0.3) is 0 Å². The highest BCUT2D eigenvalue weighted by atomic mass is 32.2. The monoisotopic (exact) mass is 372 g/mol. The molecule has 0 aromatic carbocycles. The van der Waals surface area contributed by atoms with Gasteiger partial charge in [-0.2, -0.15) is 4.39 Å². The number of pyridine rings is 1. The molecule has 0 spiro atoms. The van der Waals surface area contributed by atoms with Gasteiger partial charge in [-0.15, -0.1) is 0 Å². The topological polar surface area (TPSA) is 124 Å². The number of sulfone groups is 1. The summed E-state index contributed by atoms with van der Waals surface area (Å²) in [7, 11) is -3.66. The molecule has 0 radical (unpaired) electrons. The highest BCUT2D eigenvalue weighted by Gasteiger charge is 2.37. The Bertz CT molecular complexity index is 817. The van der Waals surface area contributed by atoms with Crippen LogP contribution in [0.2, 0.25) is 0 Å². The molecule has 2 unspecified atom stereocenters. The number of nitrogens with one attached hydrogen (secondary N) is 1. The highest BCUT2D eigenvalue weighted by Crippen LogP contribution is 2.28. The van der Waals surface area contributed by atoms with Crippen LogP contribution in [0.3, 0.4) is 0 Å².